The van der Waals surface area contributed by atoms with E-state index in [9.17, 15) is 4.79 Å². The summed E-state index contributed by atoms with van der Waals surface area (Å²) in [5.74, 6) is 1.31. The van der Waals surface area contributed by atoms with Crippen LogP contribution in [0.2, 0.25) is 0 Å². The Morgan fingerprint density at radius 2 is 1.95 bits per heavy atom. The Labute approximate surface area is 116 Å². The standard InChI is InChI=1S/C15H14O3S/c1-17-14-6-4-11(9-15(14)18-2)3-5-13(16)12-7-8-19-10-12/h3-10H,1-2H3. The Morgan fingerprint density at radius 1 is 1.16 bits per heavy atom. The molecule has 2 aromatic rings. The van der Waals surface area contributed by atoms with Crippen LogP contribution in [-0.2, 0) is 0 Å². The second kappa shape index (κ2) is 6.20. The van der Waals surface area contributed by atoms with Crippen molar-refractivity contribution in [2.45, 2.75) is 0 Å². The van der Waals surface area contributed by atoms with E-state index in [2.05, 4.69) is 0 Å². The summed E-state index contributed by atoms with van der Waals surface area (Å²) in [6.45, 7) is 0. The lowest BCUT2D eigenvalue weighted by atomic mass is 10.1. The molecule has 0 aliphatic carbocycles. The van der Waals surface area contributed by atoms with Crippen molar-refractivity contribution in [1.82, 2.24) is 0 Å². The minimum absolute atomic E-state index is 0.00367. The predicted molar refractivity (Wildman–Crippen MR) is 77.2 cm³/mol. The van der Waals surface area contributed by atoms with E-state index in [-0.39, 0.29) is 5.78 Å². The van der Waals surface area contributed by atoms with Gasteiger partial charge in [-0.05, 0) is 35.2 Å². The average molecular weight is 274 g/mol. The molecular weight excluding hydrogens is 260 g/mol. The van der Waals surface area contributed by atoms with Gasteiger partial charge in [0.2, 0.25) is 0 Å². The van der Waals surface area contributed by atoms with Gasteiger partial charge in [-0.2, -0.15) is 11.3 Å². The van der Waals surface area contributed by atoms with E-state index >= 15 is 0 Å². The van der Waals surface area contributed by atoms with Crippen molar-refractivity contribution in [3.63, 3.8) is 0 Å². The fourth-order valence-electron chi connectivity index (χ4n) is 1.63. The van der Waals surface area contributed by atoms with Crippen molar-refractivity contribution in [1.29, 1.82) is 0 Å². The fourth-order valence-corrected chi connectivity index (χ4v) is 2.27. The summed E-state index contributed by atoms with van der Waals surface area (Å²) in [6, 6.07) is 7.33. The maximum atomic E-state index is 11.8. The van der Waals surface area contributed by atoms with Crippen LogP contribution in [-0.4, -0.2) is 20.0 Å². The molecule has 0 amide bonds. The van der Waals surface area contributed by atoms with E-state index in [0.717, 1.165) is 5.56 Å². The average Bonchev–Trinajstić information content (AvgIpc) is 2.98. The predicted octanol–water partition coefficient (Wildman–Crippen LogP) is 3.66. The number of carbonyl (C=O) groups excluding carboxylic acids is 1. The third-order valence-electron chi connectivity index (χ3n) is 2.64. The molecule has 0 radical (unpaired) electrons. The lowest BCUT2D eigenvalue weighted by Crippen LogP contribution is -1.92. The molecule has 0 N–H and O–H groups in total. The number of carbonyl (C=O) groups is 1. The lowest BCUT2D eigenvalue weighted by Gasteiger charge is -2.07. The van der Waals surface area contributed by atoms with E-state index < -0.39 is 0 Å². The summed E-state index contributed by atoms with van der Waals surface area (Å²) < 4.78 is 10.4. The Hall–Kier alpha value is -2.07. The maximum Gasteiger partial charge on any atom is 0.186 e. The minimum Gasteiger partial charge on any atom is -0.493 e. The quantitative estimate of drug-likeness (QED) is 0.616. The third kappa shape index (κ3) is 3.23. The molecule has 4 heteroatoms. The molecule has 3 nitrogen and oxygen atoms in total. The molecule has 0 bridgehead atoms. The molecule has 0 unspecified atom stereocenters. The third-order valence-corrected chi connectivity index (χ3v) is 3.32. The van der Waals surface area contributed by atoms with Gasteiger partial charge in [0.1, 0.15) is 0 Å². The summed E-state index contributed by atoms with van der Waals surface area (Å²) in [6.07, 6.45) is 3.32. The minimum atomic E-state index is -0.00367. The fraction of sp³-hybridized carbons (Fsp3) is 0.133. The monoisotopic (exact) mass is 274 g/mol. The zero-order valence-corrected chi connectivity index (χ0v) is 11.6. The Kier molecular flexibility index (Phi) is 4.36. The van der Waals surface area contributed by atoms with E-state index in [4.69, 9.17) is 9.47 Å². The van der Waals surface area contributed by atoms with Crippen molar-refractivity contribution in [3.05, 3.63) is 52.2 Å². The molecule has 19 heavy (non-hydrogen) atoms. The molecule has 0 saturated carbocycles. The topological polar surface area (TPSA) is 35.5 Å². The van der Waals surface area contributed by atoms with E-state index in [1.54, 1.807) is 26.4 Å². The smallest absolute Gasteiger partial charge is 0.186 e. The largest absolute Gasteiger partial charge is 0.493 e. The Morgan fingerprint density at radius 3 is 2.58 bits per heavy atom. The second-order valence-corrected chi connectivity index (χ2v) is 4.60. The van der Waals surface area contributed by atoms with Crippen LogP contribution in [0.25, 0.3) is 6.08 Å². The Balaban J connectivity index is 2.17. The highest BCUT2D eigenvalue weighted by Gasteiger charge is 2.04. The number of hydrogen-bond acceptors (Lipinski definition) is 4. The van der Waals surface area contributed by atoms with Crippen LogP contribution in [0.15, 0.2) is 41.1 Å². The van der Waals surface area contributed by atoms with Gasteiger partial charge in [-0.25, -0.2) is 0 Å². The number of ketones is 1. The van der Waals surface area contributed by atoms with Crippen LogP contribution in [0.1, 0.15) is 15.9 Å². The van der Waals surface area contributed by atoms with Gasteiger partial charge >= 0.3 is 0 Å². The first-order valence-electron chi connectivity index (χ1n) is 5.71. The summed E-state index contributed by atoms with van der Waals surface area (Å²) in [7, 11) is 3.18. The highest BCUT2D eigenvalue weighted by Crippen LogP contribution is 2.28. The van der Waals surface area contributed by atoms with Crippen molar-refractivity contribution in [2.75, 3.05) is 14.2 Å². The number of hydrogen-bond donors (Lipinski definition) is 0. The first kappa shape index (κ1) is 13.4. The molecule has 0 fully saturated rings. The van der Waals surface area contributed by atoms with Crippen LogP contribution in [0, 0.1) is 0 Å². The molecule has 2 rings (SSSR count). The zero-order chi connectivity index (χ0) is 13.7. The highest BCUT2D eigenvalue weighted by atomic mass is 32.1. The molecule has 0 aliphatic rings. The summed E-state index contributed by atoms with van der Waals surface area (Å²) in [5.41, 5.74) is 1.60. The molecule has 1 aromatic carbocycles. The summed E-state index contributed by atoms with van der Waals surface area (Å²) in [5, 5.41) is 3.72. The summed E-state index contributed by atoms with van der Waals surface area (Å²) >= 11 is 1.51. The number of allylic oxidation sites excluding steroid dienone is 1. The molecule has 0 spiro atoms. The maximum absolute atomic E-state index is 11.8. The lowest BCUT2D eigenvalue weighted by molar-refractivity contribution is 0.104. The molecule has 1 heterocycles. The highest BCUT2D eigenvalue weighted by molar-refractivity contribution is 7.08. The normalized spacial score (nSPS) is 10.6. The number of thiophene rings is 1. The number of ether oxygens (including phenoxy) is 2. The molecule has 0 saturated heterocycles. The first-order chi connectivity index (χ1) is 9.24. The molecule has 98 valence electrons. The van der Waals surface area contributed by atoms with Crippen LogP contribution in [0.3, 0.4) is 0 Å². The molecule has 0 atom stereocenters. The SMILES string of the molecule is COc1ccc(C=CC(=O)c2ccsc2)cc1OC. The van der Waals surface area contributed by atoms with Crippen molar-refractivity contribution in [3.8, 4) is 11.5 Å². The summed E-state index contributed by atoms with van der Waals surface area (Å²) in [4.78, 5) is 11.8. The van der Waals surface area contributed by atoms with Crippen LogP contribution < -0.4 is 9.47 Å². The van der Waals surface area contributed by atoms with Crippen molar-refractivity contribution >= 4 is 23.2 Å². The molecule has 0 aliphatic heterocycles. The number of methoxy groups -OCH3 is 2. The zero-order valence-electron chi connectivity index (χ0n) is 10.8. The van der Waals surface area contributed by atoms with Gasteiger partial charge < -0.3 is 9.47 Å². The molecular formula is C15H14O3S. The number of benzene rings is 1. The first-order valence-corrected chi connectivity index (χ1v) is 6.65. The van der Waals surface area contributed by atoms with E-state index in [1.807, 2.05) is 35.0 Å². The number of rotatable bonds is 5. The van der Waals surface area contributed by atoms with Crippen molar-refractivity contribution in [2.24, 2.45) is 0 Å². The van der Waals surface area contributed by atoms with E-state index in [0.29, 0.717) is 17.1 Å². The van der Waals surface area contributed by atoms with Gasteiger partial charge in [0, 0.05) is 10.9 Å². The van der Waals surface area contributed by atoms with Gasteiger partial charge in [0.15, 0.2) is 17.3 Å². The molecule has 1 aromatic heterocycles. The van der Waals surface area contributed by atoms with Gasteiger partial charge in [-0.1, -0.05) is 12.1 Å². The second-order valence-electron chi connectivity index (χ2n) is 3.82. The van der Waals surface area contributed by atoms with Crippen LogP contribution in [0.5, 0.6) is 11.5 Å². The van der Waals surface area contributed by atoms with E-state index in [1.165, 1.54) is 11.3 Å². The van der Waals surface area contributed by atoms with Gasteiger partial charge in [0.25, 0.3) is 0 Å². The van der Waals surface area contributed by atoms with Crippen LogP contribution >= 0.6 is 11.3 Å². The van der Waals surface area contributed by atoms with Gasteiger partial charge in [0.05, 0.1) is 14.2 Å². The van der Waals surface area contributed by atoms with Gasteiger partial charge in [-0.3, -0.25) is 4.79 Å². The Bertz CT molecular complexity index is 585. The van der Waals surface area contributed by atoms with Crippen molar-refractivity contribution < 1.29 is 14.3 Å². The van der Waals surface area contributed by atoms with Gasteiger partial charge in [-0.15, -0.1) is 0 Å². The van der Waals surface area contributed by atoms with Crippen LogP contribution in [0.4, 0.5) is 0 Å².